The third-order valence-corrected chi connectivity index (χ3v) is 4.47. The summed E-state index contributed by atoms with van der Waals surface area (Å²) in [6.07, 6.45) is 2.04. The molecule has 22 heavy (non-hydrogen) atoms. The second-order valence-electron chi connectivity index (χ2n) is 4.54. The molecule has 1 N–H and O–H groups in total. The van der Waals surface area contributed by atoms with Crippen LogP contribution < -0.4 is 5.32 Å². The van der Waals surface area contributed by atoms with Gasteiger partial charge in [0, 0.05) is 21.9 Å². The molecule has 112 valence electrons. The number of carbonyl (C=O) groups excluding carboxylic acids is 1. The highest BCUT2D eigenvalue weighted by Gasteiger charge is 2.13. The van der Waals surface area contributed by atoms with E-state index in [-0.39, 0.29) is 11.6 Å². The minimum atomic E-state index is -0.324. The number of carbonyl (C=O) groups is 1. The molecule has 0 saturated carbocycles. The minimum Gasteiger partial charge on any atom is -0.361 e. The highest BCUT2D eigenvalue weighted by atomic mass is 32.2. The molecular formula is C15H13N3O2S2. The molecular weight excluding hydrogens is 318 g/mol. The fourth-order valence-corrected chi connectivity index (χ4v) is 2.98. The van der Waals surface area contributed by atoms with Crippen LogP contribution >= 0.6 is 23.1 Å². The second-order valence-corrected chi connectivity index (χ2v) is 6.28. The van der Waals surface area contributed by atoms with E-state index in [0.717, 1.165) is 11.3 Å². The van der Waals surface area contributed by atoms with Crippen LogP contribution in [0.4, 0.5) is 5.13 Å². The lowest BCUT2D eigenvalue weighted by atomic mass is 10.2. The normalized spacial score (nSPS) is 10.6. The predicted molar refractivity (Wildman–Crippen MR) is 88.5 cm³/mol. The first-order valence-corrected chi connectivity index (χ1v) is 8.61. The molecule has 1 amide bonds. The zero-order valence-corrected chi connectivity index (χ0v) is 13.6. The van der Waals surface area contributed by atoms with Crippen molar-refractivity contribution in [3.05, 3.63) is 47.2 Å². The summed E-state index contributed by atoms with van der Waals surface area (Å²) in [4.78, 5) is 17.6. The number of amides is 1. The van der Waals surface area contributed by atoms with Gasteiger partial charge in [0.2, 0.25) is 0 Å². The van der Waals surface area contributed by atoms with Gasteiger partial charge >= 0.3 is 0 Å². The van der Waals surface area contributed by atoms with Crippen LogP contribution in [0.2, 0.25) is 0 Å². The van der Waals surface area contributed by atoms with Gasteiger partial charge in [-0.15, -0.1) is 23.1 Å². The van der Waals surface area contributed by atoms with E-state index < -0.39 is 0 Å². The zero-order valence-electron chi connectivity index (χ0n) is 12.0. The number of thiazole rings is 1. The third-order valence-electron chi connectivity index (χ3n) is 2.97. The number of thioether (sulfide) groups is 1. The molecule has 0 fully saturated rings. The molecule has 3 rings (SSSR count). The standard InChI is InChI=1S/C15H13N3O2S2/c1-9-7-12(18-20-9)14(19)17-15-16-13(8-22-15)10-3-5-11(21-2)6-4-10/h3-8H,1-2H3,(H,16,17,19). The maximum Gasteiger partial charge on any atom is 0.279 e. The maximum absolute atomic E-state index is 12.0. The molecule has 0 atom stereocenters. The highest BCUT2D eigenvalue weighted by molar-refractivity contribution is 7.98. The monoisotopic (exact) mass is 331 g/mol. The van der Waals surface area contributed by atoms with Crippen LogP contribution in [-0.4, -0.2) is 22.3 Å². The molecule has 0 aliphatic heterocycles. The summed E-state index contributed by atoms with van der Waals surface area (Å²) < 4.78 is 4.89. The molecule has 0 unspecified atom stereocenters. The SMILES string of the molecule is CSc1ccc(-c2csc(NC(=O)c3cc(C)on3)n2)cc1. The van der Waals surface area contributed by atoms with Crippen molar-refractivity contribution in [1.82, 2.24) is 10.1 Å². The van der Waals surface area contributed by atoms with Crippen molar-refractivity contribution in [2.45, 2.75) is 11.8 Å². The molecule has 2 aromatic heterocycles. The van der Waals surface area contributed by atoms with Crippen LogP contribution in [0.1, 0.15) is 16.2 Å². The van der Waals surface area contributed by atoms with E-state index in [1.54, 1.807) is 24.8 Å². The molecule has 0 bridgehead atoms. The number of hydrogen-bond acceptors (Lipinski definition) is 6. The number of aryl methyl sites for hydroxylation is 1. The summed E-state index contributed by atoms with van der Waals surface area (Å²) in [6, 6.07) is 9.73. The highest BCUT2D eigenvalue weighted by Crippen LogP contribution is 2.26. The first-order chi connectivity index (χ1) is 10.7. The topological polar surface area (TPSA) is 68.0 Å². The molecule has 5 nitrogen and oxygen atoms in total. The van der Waals surface area contributed by atoms with Gasteiger partial charge in [-0.1, -0.05) is 17.3 Å². The number of rotatable bonds is 4. The second kappa shape index (κ2) is 6.33. The zero-order chi connectivity index (χ0) is 15.5. The summed E-state index contributed by atoms with van der Waals surface area (Å²) in [6.45, 7) is 1.74. The minimum absolute atomic E-state index is 0.249. The van der Waals surface area contributed by atoms with E-state index in [1.807, 2.05) is 23.8 Å². The summed E-state index contributed by atoms with van der Waals surface area (Å²) >= 11 is 3.07. The van der Waals surface area contributed by atoms with Crippen molar-refractivity contribution in [3.63, 3.8) is 0 Å². The molecule has 0 aliphatic rings. The quantitative estimate of drug-likeness (QED) is 0.730. The van der Waals surface area contributed by atoms with E-state index in [9.17, 15) is 4.79 Å². The first kappa shape index (κ1) is 14.8. The van der Waals surface area contributed by atoms with Crippen LogP contribution in [0.5, 0.6) is 0 Å². The lowest BCUT2D eigenvalue weighted by Gasteiger charge is -1.99. The molecule has 0 spiro atoms. The van der Waals surface area contributed by atoms with E-state index in [0.29, 0.717) is 10.9 Å². The Labute approximate surface area is 135 Å². The number of hydrogen-bond donors (Lipinski definition) is 1. The van der Waals surface area contributed by atoms with E-state index in [4.69, 9.17) is 4.52 Å². The predicted octanol–water partition coefficient (Wildman–Crippen LogP) is 4.08. The van der Waals surface area contributed by atoms with Gasteiger partial charge in [-0.3, -0.25) is 10.1 Å². The smallest absolute Gasteiger partial charge is 0.279 e. The Morgan fingerprint density at radius 3 is 2.73 bits per heavy atom. The van der Waals surface area contributed by atoms with Gasteiger partial charge in [0.05, 0.1) is 5.69 Å². The van der Waals surface area contributed by atoms with Crippen LogP contribution in [-0.2, 0) is 0 Å². The number of nitrogens with one attached hydrogen (secondary N) is 1. The lowest BCUT2D eigenvalue weighted by Crippen LogP contribution is -2.11. The average molecular weight is 331 g/mol. The molecule has 3 aromatic rings. The van der Waals surface area contributed by atoms with Gasteiger partial charge in [0.25, 0.3) is 5.91 Å². The van der Waals surface area contributed by atoms with Gasteiger partial charge in [-0.05, 0) is 25.3 Å². The summed E-state index contributed by atoms with van der Waals surface area (Å²) in [5.41, 5.74) is 2.11. The number of aromatic nitrogens is 2. The van der Waals surface area contributed by atoms with Gasteiger partial charge in [-0.2, -0.15) is 0 Å². The van der Waals surface area contributed by atoms with E-state index in [1.165, 1.54) is 16.2 Å². The van der Waals surface area contributed by atoms with Crippen LogP contribution in [0.25, 0.3) is 11.3 Å². The Balaban J connectivity index is 1.74. The fraction of sp³-hybridized carbons (Fsp3) is 0.133. The molecule has 7 heteroatoms. The van der Waals surface area contributed by atoms with Crippen LogP contribution in [0.3, 0.4) is 0 Å². The maximum atomic E-state index is 12.0. The first-order valence-electron chi connectivity index (χ1n) is 6.50. The van der Waals surface area contributed by atoms with Crippen LogP contribution in [0, 0.1) is 6.92 Å². The van der Waals surface area contributed by atoms with Crippen molar-refractivity contribution in [1.29, 1.82) is 0 Å². The Hall–Kier alpha value is -2.12. The third kappa shape index (κ3) is 3.20. The van der Waals surface area contributed by atoms with Crippen molar-refractivity contribution < 1.29 is 9.32 Å². The average Bonchev–Trinajstić information content (AvgIpc) is 3.16. The molecule has 1 aromatic carbocycles. The molecule has 0 aliphatic carbocycles. The van der Waals surface area contributed by atoms with Gasteiger partial charge in [0.15, 0.2) is 10.8 Å². The molecule has 0 radical (unpaired) electrons. The summed E-state index contributed by atoms with van der Waals surface area (Å²) in [5, 5.41) is 8.86. The van der Waals surface area contributed by atoms with E-state index in [2.05, 4.69) is 27.6 Å². The Bertz CT molecular complexity index is 793. The Morgan fingerprint density at radius 2 is 2.09 bits per heavy atom. The lowest BCUT2D eigenvalue weighted by molar-refractivity contribution is 0.101. The number of benzene rings is 1. The Kier molecular flexibility index (Phi) is 4.26. The van der Waals surface area contributed by atoms with Crippen LogP contribution in [0.15, 0.2) is 45.1 Å². The number of nitrogens with zero attached hydrogens (tertiary/aromatic N) is 2. The van der Waals surface area contributed by atoms with Gasteiger partial charge in [0.1, 0.15) is 5.76 Å². The van der Waals surface area contributed by atoms with Crippen molar-refractivity contribution in [3.8, 4) is 11.3 Å². The van der Waals surface area contributed by atoms with Crippen molar-refractivity contribution in [2.75, 3.05) is 11.6 Å². The van der Waals surface area contributed by atoms with E-state index >= 15 is 0 Å². The summed E-state index contributed by atoms with van der Waals surface area (Å²) in [5.74, 6) is 0.273. The fourth-order valence-electron chi connectivity index (χ4n) is 1.86. The number of anilines is 1. The van der Waals surface area contributed by atoms with Crippen molar-refractivity contribution >= 4 is 34.1 Å². The van der Waals surface area contributed by atoms with Crippen molar-refractivity contribution in [2.24, 2.45) is 0 Å². The molecule has 0 saturated heterocycles. The largest absolute Gasteiger partial charge is 0.361 e. The molecule has 2 heterocycles. The summed E-state index contributed by atoms with van der Waals surface area (Å²) in [7, 11) is 0. The Morgan fingerprint density at radius 1 is 1.32 bits per heavy atom. The van der Waals surface area contributed by atoms with Gasteiger partial charge in [-0.25, -0.2) is 4.98 Å². The van der Waals surface area contributed by atoms with Gasteiger partial charge < -0.3 is 4.52 Å².